The summed E-state index contributed by atoms with van der Waals surface area (Å²) in [6.45, 7) is 5.45. The summed E-state index contributed by atoms with van der Waals surface area (Å²) < 4.78 is 0. The van der Waals surface area contributed by atoms with Crippen molar-refractivity contribution in [2.24, 2.45) is 4.99 Å². The van der Waals surface area contributed by atoms with Crippen molar-refractivity contribution >= 4 is 57.0 Å². The molecule has 2 N–H and O–H groups in total. The van der Waals surface area contributed by atoms with Crippen LogP contribution in [0.2, 0.25) is 0 Å². The molecule has 1 aromatic heterocycles. The molecule has 0 radical (unpaired) electrons. The van der Waals surface area contributed by atoms with Crippen molar-refractivity contribution in [1.82, 2.24) is 10.3 Å². The maximum Gasteiger partial charge on any atom is 0.264 e. The smallest absolute Gasteiger partial charge is 0.264 e. The summed E-state index contributed by atoms with van der Waals surface area (Å²) in [5, 5.41) is 6.45. The molecule has 0 unspecified atom stereocenters. The highest BCUT2D eigenvalue weighted by atomic mass is 32.2. The molecule has 128 valence electrons. The Morgan fingerprint density at radius 2 is 2.16 bits per heavy atom. The number of anilines is 1. The molecular weight excluding hydrogens is 356 g/mol. The van der Waals surface area contributed by atoms with Crippen molar-refractivity contribution in [1.29, 1.82) is 0 Å². The first-order valence-electron chi connectivity index (χ1n) is 7.51. The molecule has 0 saturated carbocycles. The van der Waals surface area contributed by atoms with Gasteiger partial charge in [-0.2, -0.15) is 0 Å². The van der Waals surface area contributed by atoms with Gasteiger partial charge in [-0.25, -0.2) is 9.98 Å². The minimum absolute atomic E-state index is 0.176. The SMILES string of the molecule is CC(=O)Nc1ncc(/C=C2\S/C(=N\c3ccc(C)cc3C)NC2=O)s1. The van der Waals surface area contributed by atoms with Crippen LogP contribution in [0.25, 0.3) is 6.08 Å². The second kappa shape index (κ2) is 7.20. The number of aromatic nitrogens is 1. The average Bonchev–Trinajstić information content (AvgIpc) is 3.09. The summed E-state index contributed by atoms with van der Waals surface area (Å²) in [4.78, 5) is 33.1. The molecule has 0 bridgehead atoms. The molecule has 3 rings (SSSR count). The minimum Gasteiger partial charge on any atom is -0.302 e. The standard InChI is InChI=1S/C17H16N4O2S2/c1-9-4-5-13(10(2)6-9)20-17-21-15(23)14(25-17)7-12-8-18-16(24-12)19-11(3)22/h4-8H,1-3H3,(H,18,19,22)(H,20,21,23)/b14-7-. The average molecular weight is 372 g/mol. The van der Waals surface area contributed by atoms with Gasteiger partial charge < -0.3 is 10.6 Å². The Labute approximate surface area is 153 Å². The third kappa shape index (κ3) is 4.34. The fourth-order valence-corrected chi connectivity index (χ4v) is 3.92. The molecule has 1 aromatic carbocycles. The lowest BCUT2D eigenvalue weighted by atomic mass is 10.1. The van der Waals surface area contributed by atoms with E-state index in [9.17, 15) is 9.59 Å². The zero-order valence-electron chi connectivity index (χ0n) is 13.9. The highest BCUT2D eigenvalue weighted by Gasteiger charge is 2.24. The maximum absolute atomic E-state index is 12.1. The molecular formula is C17H16N4O2S2. The van der Waals surface area contributed by atoms with Gasteiger partial charge in [-0.3, -0.25) is 9.59 Å². The van der Waals surface area contributed by atoms with E-state index in [1.165, 1.54) is 35.6 Å². The summed E-state index contributed by atoms with van der Waals surface area (Å²) in [6.07, 6.45) is 3.36. The molecule has 0 spiro atoms. The first-order valence-corrected chi connectivity index (χ1v) is 9.14. The number of nitrogens with zero attached hydrogens (tertiary/aromatic N) is 2. The van der Waals surface area contributed by atoms with E-state index < -0.39 is 0 Å². The van der Waals surface area contributed by atoms with E-state index in [2.05, 4.69) is 26.7 Å². The fraction of sp³-hybridized carbons (Fsp3) is 0.176. The highest BCUT2D eigenvalue weighted by Crippen LogP contribution is 2.31. The molecule has 25 heavy (non-hydrogen) atoms. The van der Waals surface area contributed by atoms with E-state index in [0.717, 1.165) is 16.1 Å². The van der Waals surface area contributed by atoms with Crippen LogP contribution in [0.4, 0.5) is 10.8 Å². The molecule has 1 aliphatic heterocycles. The van der Waals surface area contributed by atoms with Crippen molar-refractivity contribution in [2.75, 3.05) is 5.32 Å². The van der Waals surface area contributed by atoms with Gasteiger partial charge in [-0.15, -0.1) is 0 Å². The van der Waals surface area contributed by atoms with Crippen LogP contribution in [0.5, 0.6) is 0 Å². The van der Waals surface area contributed by atoms with Gasteiger partial charge in [-0.1, -0.05) is 29.0 Å². The molecule has 6 nitrogen and oxygen atoms in total. The third-order valence-electron chi connectivity index (χ3n) is 3.31. The lowest BCUT2D eigenvalue weighted by molar-refractivity contribution is -0.115. The Morgan fingerprint density at radius 1 is 1.36 bits per heavy atom. The summed E-state index contributed by atoms with van der Waals surface area (Å²) in [7, 11) is 0. The topological polar surface area (TPSA) is 83.4 Å². The number of rotatable bonds is 3. The first kappa shape index (κ1) is 17.4. The molecule has 0 aliphatic carbocycles. The number of hydrogen-bond acceptors (Lipinski definition) is 6. The van der Waals surface area contributed by atoms with Crippen LogP contribution in [-0.2, 0) is 9.59 Å². The van der Waals surface area contributed by atoms with Crippen molar-refractivity contribution in [3.05, 3.63) is 45.3 Å². The van der Waals surface area contributed by atoms with Crippen LogP contribution in [0.1, 0.15) is 22.9 Å². The van der Waals surface area contributed by atoms with Gasteiger partial charge in [0.1, 0.15) is 0 Å². The van der Waals surface area contributed by atoms with E-state index in [0.29, 0.717) is 15.2 Å². The van der Waals surface area contributed by atoms with Crippen LogP contribution < -0.4 is 10.6 Å². The second-order valence-electron chi connectivity index (χ2n) is 5.52. The Morgan fingerprint density at radius 3 is 2.88 bits per heavy atom. The third-order valence-corrected chi connectivity index (χ3v) is 5.07. The lowest BCUT2D eigenvalue weighted by Gasteiger charge is -2.02. The Kier molecular flexibility index (Phi) is 5.00. The van der Waals surface area contributed by atoms with Crippen LogP contribution >= 0.6 is 23.1 Å². The van der Waals surface area contributed by atoms with Gasteiger partial charge in [-0.05, 0) is 43.3 Å². The minimum atomic E-state index is -0.192. The summed E-state index contributed by atoms with van der Waals surface area (Å²) in [6, 6.07) is 5.99. The van der Waals surface area contributed by atoms with E-state index in [4.69, 9.17) is 0 Å². The molecule has 0 atom stereocenters. The molecule has 1 aliphatic rings. The number of amidine groups is 1. The zero-order valence-corrected chi connectivity index (χ0v) is 15.5. The van der Waals surface area contributed by atoms with E-state index >= 15 is 0 Å². The monoisotopic (exact) mass is 372 g/mol. The predicted octanol–water partition coefficient (Wildman–Crippen LogP) is 3.61. The number of thioether (sulfide) groups is 1. The number of carbonyl (C=O) groups is 2. The van der Waals surface area contributed by atoms with E-state index in [-0.39, 0.29) is 11.8 Å². The number of amides is 2. The van der Waals surface area contributed by atoms with Gasteiger partial charge in [0.2, 0.25) is 5.91 Å². The van der Waals surface area contributed by atoms with E-state index in [1.54, 1.807) is 12.3 Å². The van der Waals surface area contributed by atoms with Gasteiger partial charge in [0.25, 0.3) is 5.91 Å². The number of benzene rings is 1. The molecule has 2 aromatic rings. The van der Waals surface area contributed by atoms with Gasteiger partial charge in [0, 0.05) is 13.1 Å². The number of carbonyl (C=O) groups excluding carboxylic acids is 2. The molecule has 1 saturated heterocycles. The Hall–Kier alpha value is -2.45. The molecule has 2 heterocycles. The van der Waals surface area contributed by atoms with Gasteiger partial charge >= 0.3 is 0 Å². The quantitative estimate of drug-likeness (QED) is 0.806. The Bertz CT molecular complexity index is 915. The number of nitrogens with one attached hydrogen (secondary N) is 2. The number of aryl methyl sites for hydroxylation is 2. The Balaban J connectivity index is 1.79. The summed E-state index contributed by atoms with van der Waals surface area (Å²) in [5.41, 5.74) is 3.06. The normalized spacial score (nSPS) is 17.2. The van der Waals surface area contributed by atoms with Crippen LogP contribution in [-0.4, -0.2) is 22.0 Å². The van der Waals surface area contributed by atoms with Gasteiger partial charge in [0.15, 0.2) is 10.3 Å². The van der Waals surface area contributed by atoms with Crippen LogP contribution in [0.15, 0.2) is 34.3 Å². The summed E-state index contributed by atoms with van der Waals surface area (Å²) in [5.74, 6) is -0.368. The molecule has 2 amide bonds. The van der Waals surface area contributed by atoms with Crippen LogP contribution in [0, 0.1) is 13.8 Å². The lowest BCUT2D eigenvalue weighted by Crippen LogP contribution is -2.19. The second-order valence-corrected chi connectivity index (χ2v) is 7.61. The van der Waals surface area contributed by atoms with Crippen molar-refractivity contribution in [3.8, 4) is 0 Å². The van der Waals surface area contributed by atoms with E-state index in [1.807, 2.05) is 26.0 Å². The van der Waals surface area contributed by atoms with Crippen LogP contribution in [0.3, 0.4) is 0 Å². The number of thiazole rings is 1. The zero-order chi connectivity index (χ0) is 18.0. The maximum atomic E-state index is 12.1. The predicted molar refractivity (Wildman–Crippen MR) is 103 cm³/mol. The first-order chi connectivity index (χ1) is 11.9. The number of hydrogen-bond donors (Lipinski definition) is 2. The largest absolute Gasteiger partial charge is 0.302 e. The van der Waals surface area contributed by atoms with Crippen molar-refractivity contribution < 1.29 is 9.59 Å². The molecule has 8 heteroatoms. The summed E-state index contributed by atoms with van der Waals surface area (Å²) >= 11 is 2.59. The van der Waals surface area contributed by atoms with Crippen molar-refractivity contribution in [2.45, 2.75) is 20.8 Å². The van der Waals surface area contributed by atoms with Gasteiger partial charge in [0.05, 0.1) is 15.5 Å². The number of aliphatic imine (C=N–C) groups is 1. The highest BCUT2D eigenvalue weighted by molar-refractivity contribution is 8.18. The van der Waals surface area contributed by atoms with Crippen molar-refractivity contribution in [3.63, 3.8) is 0 Å². The molecule has 1 fully saturated rings. The fourth-order valence-electron chi connectivity index (χ4n) is 2.21.